The van der Waals surface area contributed by atoms with E-state index in [4.69, 9.17) is 9.47 Å². The van der Waals surface area contributed by atoms with Gasteiger partial charge in [0.2, 0.25) is 0 Å². The Balaban J connectivity index is 1.75. The Morgan fingerprint density at radius 2 is 2.00 bits per heavy atom. The summed E-state index contributed by atoms with van der Waals surface area (Å²) in [5.41, 5.74) is 1.28. The summed E-state index contributed by atoms with van der Waals surface area (Å²) in [5, 5.41) is 0. The first-order valence-corrected chi connectivity index (χ1v) is 7.27. The molecule has 2 heterocycles. The van der Waals surface area contributed by atoms with E-state index in [9.17, 15) is 0 Å². The highest BCUT2D eigenvalue weighted by Crippen LogP contribution is 2.38. The van der Waals surface area contributed by atoms with Gasteiger partial charge in [0.05, 0.1) is 12.7 Å². The van der Waals surface area contributed by atoms with Gasteiger partial charge in [-0.15, -0.1) is 0 Å². The van der Waals surface area contributed by atoms with Gasteiger partial charge in [-0.1, -0.05) is 30.3 Å². The van der Waals surface area contributed by atoms with Crippen LogP contribution in [0, 0.1) is 5.92 Å². The molecule has 1 aromatic rings. The molecule has 0 N–H and O–H groups in total. The zero-order valence-electron chi connectivity index (χ0n) is 11.8. The van der Waals surface area contributed by atoms with E-state index in [-0.39, 0.29) is 12.3 Å². The molecule has 0 spiro atoms. The minimum absolute atomic E-state index is 0.179. The van der Waals surface area contributed by atoms with Crippen LogP contribution in [0.25, 0.3) is 0 Å². The van der Waals surface area contributed by atoms with Gasteiger partial charge in [0.1, 0.15) is 6.23 Å². The normalized spacial score (nSPS) is 36.5. The van der Waals surface area contributed by atoms with Crippen molar-refractivity contribution in [2.75, 3.05) is 20.3 Å². The molecule has 2 aliphatic rings. The Morgan fingerprint density at radius 3 is 2.68 bits per heavy atom. The van der Waals surface area contributed by atoms with E-state index in [2.05, 4.69) is 49.2 Å². The van der Waals surface area contributed by atoms with Crippen LogP contribution in [0.1, 0.15) is 31.4 Å². The lowest BCUT2D eigenvalue weighted by Crippen LogP contribution is -2.40. The maximum atomic E-state index is 6.36. The van der Waals surface area contributed by atoms with Crippen molar-refractivity contribution >= 4 is 0 Å². The lowest BCUT2D eigenvalue weighted by atomic mass is 9.99. The molecule has 0 radical (unpaired) electrons. The molecule has 3 nitrogen and oxygen atoms in total. The third-order valence-electron chi connectivity index (χ3n) is 4.49. The second kappa shape index (κ2) is 5.61. The predicted molar refractivity (Wildman–Crippen MR) is 74.8 cm³/mol. The average molecular weight is 261 g/mol. The summed E-state index contributed by atoms with van der Waals surface area (Å²) < 4.78 is 12.0. The zero-order chi connectivity index (χ0) is 13.2. The van der Waals surface area contributed by atoms with Gasteiger partial charge in [0, 0.05) is 18.6 Å². The van der Waals surface area contributed by atoms with Crippen molar-refractivity contribution in [3.8, 4) is 0 Å². The van der Waals surface area contributed by atoms with Crippen LogP contribution in [0.3, 0.4) is 0 Å². The molecule has 0 unspecified atom stereocenters. The molecule has 2 aliphatic heterocycles. The van der Waals surface area contributed by atoms with E-state index >= 15 is 0 Å². The first-order valence-electron chi connectivity index (χ1n) is 7.27. The van der Waals surface area contributed by atoms with Gasteiger partial charge >= 0.3 is 0 Å². The maximum Gasteiger partial charge on any atom is 0.116 e. The molecule has 3 rings (SSSR count). The summed E-state index contributed by atoms with van der Waals surface area (Å²) >= 11 is 0. The van der Waals surface area contributed by atoms with E-state index in [0.29, 0.717) is 12.0 Å². The predicted octanol–water partition coefficient (Wildman–Crippen LogP) is 2.83. The highest BCUT2D eigenvalue weighted by Gasteiger charge is 2.42. The van der Waals surface area contributed by atoms with Crippen LogP contribution in [-0.4, -0.2) is 37.4 Å². The fourth-order valence-corrected chi connectivity index (χ4v) is 3.24. The van der Waals surface area contributed by atoms with Gasteiger partial charge in [-0.05, 0) is 32.4 Å². The number of ether oxygens (including phenoxy) is 2. The van der Waals surface area contributed by atoms with E-state index in [1.807, 2.05) is 0 Å². The molecule has 0 amide bonds. The second-order valence-electron chi connectivity index (χ2n) is 5.74. The number of hydrogen-bond acceptors (Lipinski definition) is 3. The van der Waals surface area contributed by atoms with E-state index in [1.54, 1.807) is 0 Å². The third-order valence-corrected chi connectivity index (χ3v) is 4.49. The molecule has 19 heavy (non-hydrogen) atoms. The number of rotatable bonds is 2. The second-order valence-corrected chi connectivity index (χ2v) is 5.74. The summed E-state index contributed by atoms with van der Waals surface area (Å²) in [6, 6.07) is 11.0. The molecule has 104 valence electrons. The Hall–Kier alpha value is -0.900. The molecule has 0 aliphatic carbocycles. The summed E-state index contributed by atoms with van der Waals surface area (Å²) in [5.74, 6) is 0.509. The van der Waals surface area contributed by atoms with E-state index < -0.39 is 0 Å². The number of benzene rings is 1. The lowest BCUT2D eigenvalue weighted by Gasteiger charge is -2.31. The number of nitrogens with zero attached hydrogens (tertiary/aromatic N) is 1. The summed E-state index contributed by atoms with van der Waals surface area (Å²) in [6.07, 6.45) is 2.74. The number of likely N-dealkylation sites (N-methyl/N-ethyl adjacent to an activating group) is 1. The van der Waals surface area contributed by atoms with Gasteiger partial charge in [-0.3, -0.25) is 4.90 Å². The molecule has 0 aromatic heterocycles. The molecular formula is C16H23NO2. The van der Waals surface area contributed by atoms with Crippen LogP contribution in [0.5, 0.6) is 0 Å². The first-order chi connectivity index (χ1) is 9.27. The van der Waals surface area contributed by atoms with Crippen molar-refractivity contribution in [2.45, 2.75) is 38.1 Å². The van der Waals surface area contributed by atoms with Crippen molar-refractivity contribution in [1.29, 1.82) is 0 Å². The lowest BCUT2D eigenvalue weighted by molar-refractivity contribution is -0.0790. The summed E-state index contributed by atoms with van der Waals surface area (Å²) in [7, 11) is 2.17. The van der Waals surface area contributed by atoms with Gasteiger partial charge < -0.3 is 9.47 Å². The quantitative estimate of drug-likeness (QED) is 0.817. The topological polar surface area (TPSA) is 21.7 Å². The van der Waals surface area contributed by atoms with Crippen LogP contribution in [0.4, 0.5) is 0 Å². The standard InChI is InChI=1S/C16H23NO2/c1-12-15(13-7-4-3-5-8-13)19-16(17(12)2)14-9-6-10-18-11-14/h3-5,7-8,12,14-16H,6,9-11H2,1-2H3/t12-,14+,15+,16+/m1/s1. The highest BCUT2D eigenvalue weighted by molar-refractivity contribution is 5.20. The minimum Gasteiger partial charge on any atom is -0.381 e. The Kier molecular flexibility index (Phi) is 3.87. The van der Waals surface area contributed by atoms with Crippen molar-refractivity contribution in [1.82, 2.24) is 4.90 Å². The van der Waals surface area contributed by atoms with Crippen LogP contribution >= 0.6 is 0 Å². The largest absolute Gasteiger partial charge is 0.381 e. The zero-order valence-corrected chi connectivity index (χ0v) is 11.8. The Labute approximate surface area is 115 Å². The molecule has 2 fully saturated rings. The van der Waals surface area contributed by atoms with Crippen molar-refractivity contribution in [3.63, 3.8) is 0 Å². The molecule has 3 heteroatoms. The minimum atomic E-state index is 0.179. The number of hydrogen-bond donors (Lipinski definition) is 0. The smallest absolute Gasteiger partial charge is 0.116 e. The Morgan fingerprint density at radius 1 is 1.21 bits per heavy atom. The van der Waals surface area contributed by atoms with Crippen LogP contribution in [-0.2, 0) is 9.47 Å². The van der Waals surface area contributed by atoms with E-state index in [1.165, 1.54) is 12.0 Å². The van der Waals surface area contributed by atoms with Crippen molar-refractivity contribution in [2.24, 2.45) is 5.92 Å². The molecule has 0 saturated carbocycles. The van der Waals surface area contributed by atoms with Gasteiger partial charge in [0.25, 0.3) is 0 Å². The monoisotopic (exact) mass is 261 g/mol. The van der Waals surface area contributed by atoms with Crippen LogP contribution in [0.2, 0.25) is 0 Å². The van der Waals surface area contributed by atoms with E-state index in [0.717, 1.165) is 19.6 Å². The van der Waals surface area contributed by atoms with Crippen LogP contribution in [0.15, 0.2) is 30.3 Å². The highest BCUT2D eigenvalue weighted by atomic mass is 16.5. The molecule has 0 bridgehead atoms. The van der Waals surface area contributed by atoms with Crippen molar-refractivity contribution < 1.29 is 9.47 Å². The third kappa shape index (κ3) is 2.55. The van der Waals surface area contributed by atoms with Gasteiger partial charge in [0.15, 0.2) is 0 Å². The fourth-order valence-electron chi connectivity index (χ4n) is 3.24. The Bertz CT molecular complexity index is 402. The molecule has 1 aromatic carbocycles. The maximum absolute atomic E-state index is 6.36. The molecular weight excluding hydrogens is 238 g/mol. The van der Waals surface area contributed by atoms with Gasteiger partial charge in [-0.2, -0.15) is 0 Å². The first kappa shape index (κ1) is 13.1. The molecule has 2 saturated heterocycles. The summed E-state index contributed by atoms with van der Waals surface area (Å²) in [6.45, 7) is 4.00. The van der Waals surface area contributed by atoms with Crippen molar-refractivity contribution in [3.05, 3.63) is 35.9 Å². The van der Waals surface area contributed by atoms with Crippen LogP contribution < -0.4 is 0 Å². The summed E-state index contributed by atoms with van der Waals surface area (Å²) in [4.78, 5) is 2.37. The SMILES string of the molecule is C[C@@H]1[C@@H](c2ccccc2)O[C@@H]([C@H]2CCCOC2)N1C. The van der Waals surface area contributed by atoms with Gasteiger partial charge in [-0.25, -0.2) is 0 Å². The fraction of sp³-hybridized carbons (Fsp3) is 0.625. The molecule has 4 atom stereocenters. The average Bonchev–Trinajstić information content (AvgIpc) is 2.77.